The van der Waals surface area contributed by atoms with Crippen LogP contribution >= 0.6 is 11.3 Å². The normalized spacial score (nSPS) is 19.7. The highest BCUT2D eigenvalue weighted by Gasteiger charge is 2.42. The van der Waals surface area contributed by atoms with Crippen LogP contribution in [-0.2, 0) is 11.2 Å². The summed E-state index contributed by atoms with van der Waals surface area (Å²) in [6.45, 7) is -0.487. The molecule has 2 N–H and O–H groups in total. The lowest BCUT2D eigenvalue weighted by atomic mass is 10.1. The van der Waals surface area contributed by atoms with Gasteiger partial charge in [-0.15, -0.1) is 11.3 Å². The van der Waals surface area contributed by atoms with Crippen LogP contribution in [0.15, 0.2) is 30.5 Å². The van der Waals surface area contributed by atoms with E-state index in [2.05, 4.69) is 15.6 Å². The van der Waals surface area contributed by atoms with E-state index in [0.717, 1.165) is 10.4 Å². The van der Waals surface area contributed by atoms with Gasteiger partial charge in [0.15, 0.2) is 5.13 Å². The number of nitrogens with one attached hydrogen (secondary N) is 2. The smallest absolute Gasteiger partial charge is 0.262 e. The van der Waals surface area contributed by atoms with Gasteiger partial charge in [0, 0.05) is 23.9 Å². The number of carbonyl (C=O) groups excluding carboxylic acids is 1. The molecule has 1 aromatic heterocycles. The van der Waals surface area contributed by atoms with E-state index < -0.39 is 30.8 Å². The van der Waals surface area contributed by atoms with Crippen molar-refractivity contribution in [3.63, 3.8) is 0 Å². The average molecular weight is 341 g/mol. The fourth-order valence-corrected chi connectivity index (χ4v) is 3.19. The summed E-state index contributed by atoms with van der Waals surface area (Å²) in [5, 5.41) is 5.41. The van der Waals surface area contributed by atoms with Crippen molar-refractivity contribution in [2.45, 2.75) is 24.8 Å². The molecule has 1 saturated heterocycles. The average Bonchev–Trinajstić information content (AvgIpc) is 3.08. The molecule has 1 atom stereocenters. The van der Waals surface area contributed by atoms with Gasteiger partial charge in [0.1, 0.15) is 5.82 Å². The summed E-state index contributed by atoms with van der Waals surface area (Å²) >= 11 is 1.27. The summed E-state index contributed by atoms with van der Waals surface area (Å²) in [6, 6.07) is 5.21. The Labute approximate surface area is 134 Å². The molecule has 0 aliphatic carbocycles. The topological polar surface area (TPSA) is 54.0 Å². The highest BCUT2D eigenvalue weighted by Crippen LogP contribution is 2.27. The maximum atomic E-state index is 13.1. The predicted octanol–water partition coefficient (Wildman–Crippen LogP) is 2.81. The Morgan fingerprint density at radius 2 is 2.13 bits per heavy atom. The van der Waals surface area contributed by atoms with Crippen molar-refractivity contribution in [3.8, 4) is 0 Å². The molecule has 0 radical (unpaired) electrons. The van der Waals surface area contributed by atoms with E-state index in [4.69, 9.17) is 0 Å². The number of hydrogen-bond acceptors (Lipinski definition) is 4. The van der Waals surface area contributed by atoms with Crippen molar-refractivity contribution in [2.75, 3.05) is 11.9 Å². The van der Waals surface area contributed by atoms with Crippen LogP contribution in [0, 0.1) is 5.82 Å². The van der Waals surface area contributed by atoms with Gasteiger partial charge >= 0.3 is 0 Å². The fraction of sp³-hybridized carbons (Fsp3) is 0.333. The van der Waals surface area contributed by atoms with Gasteiger partial charge in [-0.1, -0.05) is 12.1 Å². The van der Waals surface area contributed by atoms with Gasteiger partial charge in [-0.2, -0.15) is 0 Å². The van der Waals surface area contributed by atoms with E-state index in [9.17, 15) is 18.0 Å². The second-order valence-electron chi connectivity index (χ2n) is 5.42. The van der Waals surface area contributed by atoms with Crippen LogP contribution in [-0.4, -0.2) is 29.4 Å². The second-order valence-corrected chi connectivity index (χ2v) is 6.53. The molecule has 8 heteroatoms. The molecule has 23 heavy (non-hydrogen) atoms. The molecule has 2 heterocycles. The Morgan fingerprint density at radius 3 is 2.78 bits per heavy atom. The molecule has 1 amide bonds. The standard InChI is InChI=1S/C15H14F3N3OS/c16-10-3-1-9(2-4-10)5-11-7-19-14(23-11)21-13(22)12-6-15(17,18)8-20-12/h1-4,7,12,20H,5-6,8H2,(H,19,21,22). The number of aromatic nitrogens is 1. The maximum absolute atomic E-state index is 13.1. The largest absolute Gasteiger partial charge is 0.301 e. The van der Waals surface area contributed by atoms with Crippen molar-refractivity contribution >= 4 is 22.4 Å². The third kappa shape index (κ3) is 4.08. The zero-order valence-electron chi connectivity index (χ0n) is 12.0. The van der Waals surface area contributed by atoms with Crippen molar-refractivity contribution in [1.82, 2.24) is 10.3 Å². The number of benzene rings is 1. The molecule has 2 aromatic rings. The zero-order valence-corrected chi connectivity index (χ0v) is 12.8. The number of anilines is 1. The van der Waals surface area contributed by atoms with Crippen LogP contribution in [0.3, 0.4) is 0 Å². The third-order valence-corrected chi connectivity index (χ3v) is 4.41. The van der Waals surface area contributed by atoms with Crippen molar-refractivity contribution in [2.24, 2.45) is 0 Å². The Hall–Kier alpha value is -1.93. The molecule has 0 saturated carbocycles. The Bertz CT molecular complexity index is 702. The van der Waals surface area contributed by atoms with Gasteiger partial charge in [0.2, 0.25) is 5.91 Å². The number of thiazole rings is 1. The first-order valence-electron chi connectivity index (χ1n) is 7.02. The minimum Gasteiger partial charge on any atom is -0.301 e. The summed E-state index contributed by atoms with van der Waals surface area (Å²) in [7, 11) is 0. The Morgan fingerprint density at radius 1 is 1.39 bits per heavy atom. The van der Waals surface area contributed by atoms with Crippen LogP contribution in [0.5, 0.6) is 0 Å². The van der Waals surface area contributed by atoms with E-state index in [1.807, 2.05) is 0 Å². The summed E-state index contributed by atoms with van der Waals surface area (Å²) in [4.78, 5) is 16.9. The first-order chi connectivity index (χ1) is 10.9. The first-order valence-corrected chi connectivity index (χ1v) is 7.84. The number of halogens is 3. The number of carbonyl (C=O) groups is 1. The predicted molar refractivity (Wildman–Crippen MR) is 81.3 cm³/mol. The number of rotatable bonds is 4. The van der Waals surface area contributed by atoms with Crippen molar-refractivity contribution < 1.29 is 18.0 Å². The Balaban J connectivity index is 1.59. The van der Waals surface area contributed by atoms with Gasteiger partial charge in [0.25, 0.3) is 5.92 Å². The van der Waals surface area contributed by atoms with E-state index in [1.165, 1.54) is 23.5 Å². The number of alkyl halides is 2. The van der Waals surface area contributed by atoms with E-state index in [-0.39, 0.29) is 5.82 Å². The van der Waals surface area contributed by atoms with Gasteiger partial charge < -0.3 is 5.32 Å². The van der Waals surface area contributed by atoms with Crippen molar-refractivity contribution in [1.29, 1.82) is 0 Å². The van der Waals surface area contributed by atoms with Gasteiger partial charge in [-0.05, 0) is 17.7 Å². The lowest BCUT2D eigenvalue weighted by molar-refractivity contribution is -0.118. The van der Waals surface area contributed by atoms with E-state index in [0.29, 0.717) is 11.6 Å². The zero-order chi connectivity index (χ0) is 16.4. The van der Waals surface area contributed by atoms with E-state index in [1.54, 1.807) is 18.3 Å². The highest BCUT2D eigenvalue weighted by atomic mass is 32.1. The van der Waals surface area contributed by atoms with Crippen LogP contribution in [0.2, 0.25) is 0 Å². The molecule has 1 aliphatic heterocycles. The molecule has 1 aromatic carbocycles. The SMILES string of the molecule is O=C(Nc1ncc(Cc2ccc(F)cc2)s1)C1CC(F)(F)CN1. The number of nitrogens with zero attached hydrogens (tertiary/aromatic N) is 1. The molecular weight excluding hydrogens is 327 g/mol. The van der Waals surface area contributed by atoms with Gasteiger partial charge in [0.05, 0.1) is 12.6 Å². The molecule has 122 valence electrons. The molecular formula is C15H14F3N3OS. The minimum atomic E-state index is -2.85. The van der Waals surface area contributed by atoms with Gasteiger partial charge in [-0.3, -0.25) is 10.1 Å². The maximum Gasteiger partial charge on any atom is 0.262 e. The highest BCUT2D eigenvalue weighted by molar-refractivity contribution is 7.15. The van der Waals surface area contributed by atoms with E-state index >= 15 is 0 Å². The number of amides is 1. The monoisotopic (exact) mass is 341 g/mol. The van der Waals surface area contributed by atoms with Crippen LogP contribution in [0.4, 0.5) is 18.3 Å². The number of hydrogen-bond donors (Lipinski definition) is 2. The molecule has 4 nitrogen and oxygen atoms in total. The molecule has 1 unspecified atom stereocenters. The summed E-state index contributed by atoms with van der Waals surface area (Å²) in [6.07, 6.45) is 1.67. The van der Waals surface area contributed by atoms with Crippen molar-refractivity contribution in [3.05, 3.63) is 46.7 Å². The Kier molecular flexibility index (Phi) is 4.36. The lowest BCUT2D eigenvalue weighted by Gasteiger charge is -2.08. The van der Waals surface area contributed by atoms with Crippen LogP contribution in [0.1, 0.15) is 16.9 Å². The third-order valence-electron chi connectivity index (χ3n) is 3.50. The summed E-state index contributed by atoms with van der Waals surface area (Å²) in [5.41, 5.74) is 0.921. The lowest BCUT2D eigenvalue weighted by Crippen LogP contribution is -2.35. The van der Waals surface area contributed by atoms with Crippen LogP contribution < -0.4 is 10.6 Å². The van der Waals surface area contributed by atoms with Crippen LogP contribution in [0.25, 0.3) is 0 Å². The second kappa shape index (κ2) is 6.29. The summed E-state index contributed by atoms with van der Waals surface area (Å²) in [5.74, 6) is -3.66. The first kappa shape index (κ1) is 15.9. The molecule has 0 bridgehead atoms. The van der Waals surface area contributed by atoms with Gasteiger partial charge in [-0.25, -0.2) is 18.2 Å². The molecule has 0 spiro atoms. The molecule has 1 aliphatic rings. The fourth-order valence-electron chi connectivity index (χ4n) is 2.34. The molecule has 3 rings (SSSR count). The minimum absolute atomic E-state index is 0.299. The summed E-state index contributed by atoms with van der Waals surface area (Å²) < 4.78 is 39.0. The quantitative estimate of drug-likeness (QED) is 0.899. The molecule has 1 fully saturated rings.